The van der Waals surface area contributed by atoms with Gasteiger partial charge in [-0.15, -0.1) is 0 Å². The summed E-state index contributed by atoms with van der Waals surface area (Å²) >= 11 is 0. The van der Waals surface area contributed by atoms with Gasteiger partial charge in [0.15, 0.2) is 5.69 Å². The molecule has 1 aromatic carbocycles. The van der Waals surface area contributed by atoms with E-state index in [1.807, 2.05) is 32.0 Å². The number of H-pyrrole nitrogens is 1. The molecule has 2 heterocycles. The maximum Gasteiger partial charge on any atom is 0.330 e. The number of unbranched alkanes of at least 4 members (excludes halogenated alkanes) is 1. The second kappa shape index (κ2) is 10.4. The number of rotatable bonds is 8. The molecular formula is C23H33N5O3. The minimum atomic E-state index is -0.609. The SMILES string of the molecule is CCCCn1c(N)c(N(CC)C(=O)C2CCCN(Cc3ccccc3)C2)c(=O)[nH]c1=O. The number of nitrogen functional groups attached to an aromatic ring is 1. The molecule has 1 aliphatic heterocycles. The van der Waals surface area contributed by atoms with E-state index in [2.05, 4.69) is 22.0 Å². The van der Waals surface area contributed by atoms with Gasteiger partial charge in [-0.1, -0.05) is 43.7 Å². The van der Waals surface area contributed by atoms with Crippen molar-refractivity contribution in [3.05, 3.63) is 56.7 Å². The Balaban J connectivity index is 1.83. The minimum absolute atomic E-state index is 0.0642. The van der Waals surface area contributed by atoms with Crippen molar-refractivity contribution >= 4 is 17.4 Å². The first-order valence-electron chi connectivity index (χ1n) is 11.2. The maximum atomic E-state index is 13.4. The molecule has 1 aliphatic rings. The topological polar surface area (TPSA) is 104 Å². The van der Waals surface area contributed by atoms with Gasteiger partial charge in [-0.25, -0.2) is 4.79 Å². The maximum absolute atomic E-state index is 13.4. The van der Waals surface area contributed by atoms with Crippen LogP contribution >= 0.6 is 0 Å². The number of nitrogens with two attached hydrogens (primary N) is 1. The number of likely N-dealkylation sites (tertiary alicyclic amines) is 1. The Hall–Kier alpha value is -2.87. The first-order chi connectivity index (χ1) is 15.0. The number of hydrogen-bond donors (Lipinski definition) is 2. The zero-order valence-electron chi connectivity index (χ0n) is 18.5. The van der Waals surface area contributed by atoms with Crippen molar-refractivity contribution in [2.24, 2.45) is 5.92 Å². The van der Waals surface area contributed by atoms with Crippen LogP contribution in [-0.4, -0.2) is 40.0 Å². The lowest BCUT2D eigenvalue weighted by atomic mass is 9.95. The summed E-state index contributed by atoms with van der Waals surface area (Å²) in [7, 11) is 0. The molecule has 0 radical (unpaired) electrons. The van der Waals surface area contributed by atoms with E-state index in [1.165, 1.54) is 15.0 Å². The summed E-state index contributed by atoms with van der Waals surface area (Å²) < 4.78 is 1.36. The van der Waals surface area contributed by atoms with Gasteiger partial charge in [0.2, 0.25) is 5.91 Å². The Labute approximate surface area is 182 Å². The fraction of sp³-hybridized carbons (Fsp3) is 0.522. The molecule has 1 atom stereocenters. The van der Waals surface area contributed by atoms with E-state index in [9.17, 15) is 14.4 Å². The molecule has 0 aliphatic carbocycles. The third-order valence-electron chi connectivity index (χ3n) is 5.91. The molecule has 1 saturated heterocycles. The van der Waals surface area contributed by atoms with Crippen LogP contribution in [0.15, 0.2) is 39.9 Å². The zero-order valence-corrected chi connectivity index (χ0v) is 18.5. The van der Waals surface area contributed by atoms with Crippen molar-refractivity contribution < 1.29 is 4.79 Å². The summed E-state index contributed by atoms with van der Waals surface area (Å²) in [5, 5.41) is 0. The Morgan fingerprint density at radius 2 is 1.97 bits per heavy atom. The fourth-order valence-electron chi connectivity index (χ4n) is 4.26. The van der Waals surface area contributed by atoms with Gasteiger partial charge < -0.3 is 10.6 Å². The highest BCUT2D eigenvalue weighted by molar-refractivity contribution is 5.97. The van der Waals surface area contributed by atoms with Crippen LogP contribution in [0.5, 0.6) is 0 Å². The standard InChI is InChI=1S/C23H33N5O3/c1-3-5-14-28-20(24)19(21(29)25-23(28)31)27(4-2)22(30)18-12-9-13-26(16-18)15-17-10-7-6-8-11-17/h6-8,10-11,18H,3-5,9,12-16,24H2,1-2H3,(H,25,29,31). The van der Waals surface area contributed by atoms with Crippen molar-refractivity contribution in [3.63, 3.8) is 0 Å². The number of carbonyl (C=O) groups is 1. The normalized spacial score (nSPS) is 16.9. The van der Waals surface area contributed by atoms with Gasteiger partial charge in [0, 0.05) is 26.2 Å². The monoisotopic (exact) mass is 427 g/mol. The molecule has 8 heteroatoms. The van der Waals surface area contributed by atoms with Gasteiger partial charge in [-0.3, -0.25) is 24.0 Å². The van der Waals surface area contributed by atoms with Crippen LogP contribution in [0, 0.1) is 5.92 Å². The van der Waals surface area contributed by atoms with E-state index < -0.39 is 11.2 Å². The molecule has 168 valence electrons. The molecule has 1 aromatic heterocycles. The first kappa shape index (κ1) is 22.8. The van der Waals surface area contributed by atoms with Gasteiger partial charge >= 0.3 is 5.69 Å². The molecule has 3 N–H and O–H groups in total. The summed E-state index contributed by atoms with van der Waals surface area (Å²) in [6.45, 7) is 6.93. The molecular weight excluding hydrogens is 394 g/mol. The summed E-state index contributed by atoms with van der Waals surface area (Å²) in [6.07, 6.45) is 3.33. The molecule has 0 spiro atoms. The fourth-order valence-corrected chi connectivity index (χ4v) is 4.26. The zero-order chi connectivity index (χ0) is 22.4. The van der Waals surface area contributed by atoms with Crippen molar-refractivity contribution in [2.45, 2.75) is 52.6 Å². The predicted molar refractivity (Wildman–Crippen MR) is 123 cm³/mol. The lowest BCUT2D eigenvalue weighted by molar-refractivity contribution is -0.124. The van der Waals surface area contributed by atoms with Gasteiger partial charge in [0.05, 0.1) is 5.92 Å². The number of hydrogen-bond acceptors (Lipinski definition) is 5. The number of carbonyl (C=O) groups excluding carboxylic acids is 1. The number of piperidine rings is 1. The van der Waals surface area contributed by atoms with Gasteiger partial charge in [-0.05, 0) is 38.3 Å². The summed E-state index contributed by atoms with van der Waals surface area (Å²) in [6, 6.07) is 10.2. The second-order valence-corrected chi connectivity index (χ2v) is 8.14. The van der Waals surface area contributed by atoms with Crippen LogP contribution in [0.3, 0.4) is 0 Å². The number of amides is 1. The highest BCUT2D eigenvalue weighted by atomic mass is 16.2. The van der Waals surface area contributed by atoms with Gasteiger partial charge in [0.1, 0.15) is 5.82 Å². The molecule has 31 heavy (non-hydrogen) atoms. The Kier molecular flexibility index (Phi) is 7.68. The van der Waals surface area contributed by atoms with Crippen LogP contribution in [-0.2, 0) is 17.9 Å². The number of aromatic amines is 1. The molecule has 0 bridgehead atoms. The smallest absolute Gasteiger partial charge is 0.330 e. The Morgan fingerprint density at radius 1 is 1.23 bits per heavy atom. The lowest BCUT2D eigenvalue weighted by Gasteiger charge is -2.35. The summed E-state index contributed by atoms with van der Waals surface area (Å²) in [5.74, 6) is -0.264. The molecule has 8 nitrogen and oxygen atoms in total. The minimum Gasteiger partial charge on any atom is -0.383 e. The third-order valence-corrected chi connectivity index (χ3v) is 5.91. The highest BCUT2D eigenvalue weighted by Crippen LogP contribution is 2.25. The Bertz CT molecular complexity index is 999. The molecule has 0 saturated carbocycles. The summed E-state index contributed by atoms with van der Waals surface area (Å²) in [5.41, 5.74) is 6.40. The van der Waals surface area contributed by atoms with E-state index in [0.717, 1.165) is 38.8 Å². The lowest BCUT2D eigenvalue weighted by Crippen LogP contribution is -2.47. The van der Waals surface area contributed by atoms with Crippen LogP contribution in [0.1, 0.15) is 45.1 Å². The quantitative estimate of drug-likeness (QED) is 0.672. The van der Waals surface area contributed by atoms with Crippen molar-refractivity contribution in [3.8, 4) is 0 Å². The number of anilines is 2. The highest BCUT2D eigenvalue weighted by Gasteiger charge is 2.32. The van der Waals surface area contributed by atoms with Crippen LogP contribution in [0.4, 0.5) is 11.5 Å². The predicted octanol–water partition coefficient (Wildman–Crippen LogP) is 2.18. The van der Waals surface area contributed by atoms with Crippen molar-refractivity contribution in [2.75, 3.05) is 30.3 Å². The van der Waals surface area contributed by atoms with E-state index in [1.54, 1.807) is 0 Å². The van der Waals surface area contributed by atoms with E-state index >= 15 is 0 Å². The van der Waals surface area contributed by atoms with Crippen LogP contribution in [0.2, 0.25) is 0 Å². The largest absolute Gasteiger partial charge is 0.383 e. The molecule has 1 unspecified atom stereocenters. The van der Waals surface area contributed by atoms with Gasteiger partial charge in [0.25, 0.3) is 5.56 Å². The number of aromatic nitrogens is 2. The molecule has 1 amide bonds. The first-order valence-corrected chi connectivity index (χ1v) is 11.2. The molecule has 3 rings (SSSR count). The Morgan fingerprint density at radius 3 is 2.65 bits per heavy atom. The van der Waals surface area contributed by atoms with E-state index in [-0.39, 0.29) is 23.3 Å². The van der Waals surface area contributed by atoms with Crippen LogP contribution in [0.25, 0.3) is 0 Å². The number of nitrogens with one attached hydrogen (secondary N) is 1. The molecule has 1 fully saturated rings. The van der Waals surface area contributed by atoms with Crippen molar-refractivity contribution in [1.29, 1.82) is 0 Å². The summed E-state index contributed by atoms with van der Waals surface area (Å²) in [4.78, 5) is 44.4. The van der Waals surface area contributed by atoms with Crippen LogP contribution < -0.4 is 21.9 Å². The average Bonchev–Trinajstić information content (AvgIpc) is 2.77. The van der Waals surface area contributed by atoms with E-state index in [0.29, 0.717) is 19.6 Å². The van der Waals surface area contributed by atoms with Crippen molar-refractivity contribution in [1.82, 2.24) is 14.5 Å². The van der Waals surface area contributed by atoms with Gasteiger partial charge in [-0.2, -0.15) is 0 Å². The number of benzene rings is 1. The molecule has 2 aromatic rings. The average molecular weight is 428 g/mol. The van der Waals surface area contributed by atoms with E-state index in [4.69, 9.17) is 5.73 Å². The third kappa shape index (κ3) is 5.25. The number of nitrogens with zero attached hydrogens (tertiary/aromatic N) is 3. The second-order valence-electron chi connectivity index (χ2n) is 8.14.